The van der Waals surface area contributed by atoms with Crippen molar-refractivity contribution in [3.8, 4) is 11.5 Å². The fourth-order valence-corrected chi connectivity index (χ4v) is 3.16. The van der Waals surface area contributed by atoms with Gasteiger partial charge in [0.2, 0.25) is 0 Å². The molecule has 2 unspecified atom stereocenters. The molecule has 0 saturated carbocycles. The van der Waals surface area contributed by atoms with Crippen molar-refractivity contribution in [1.29, 1.82) is 0 Å². The van der Waals surface area contributed by atoms with Crippen LogP contribution in [0.15, 0.2) is 29.0 Å². The second kappa shape index (κ2) is 7.83. The third-order valence-electron chi connectivity index (χ3n) is 3.52. The lowest BCUT2D eigenvalue weighted by atomic mass is 10.1. The predicted molar refractivity (Wildman–Crippen MR) is 90.3 cm³/mol. The van der Waals surface area contributed by atoms with Gasteiger partial charge >= 0.3 is 0 Å². The van der Waals surface area contributed by atoms with E-state index < -0.39 is 6.10 Å². The fraction of sp³-hybridized carbons (Fsp3) is 0.375. The Labute approximate surface area is 139 Å². The molecule has 2 aromatic rings. The van der Waals surface area contributed by atoms with Gasteiger partial charge in [-0.15, -0.1) is 0 Å². The van der Waals surface area contributed by atoms with Crippen molar-refractivity contribution in [3.63, 3.8) is 0 Å². The minimum Gasteiger partial charge on any atom is -0.496 e. The zero-order chi connectivity index (χ0) is 16.1. The largest absolute Gasteiger partial charge is 0.496 e. The molecule has 0 saturated heterocycles. The first-order valence-corrected chi connectivity index (χ1v) is 8.23. The Morgan fingerprint density at radius 2 is 2.00 bits per heavy atom. The van der Waals surface area contributed by atoms with E-state index in [9.17, 15) is 5.11 Å². The van der Waals surface area contributed by atoms with Gasteiger partial charge in [-0.3, -0.25) is 0 Å². The maximum absolute atomic E-state index is 10.1. The summed E-state index contributed by atoms with van der Waals surface area (Å²) in [7, 11) is 3.18. The minimum atomic E-state index is -0.534. The number of ether oxygens (including phenoxy) is 2. The number of rotatable bonds is 7. The van der Waals surface area contributed by atoms with E-state index >= 15 is 0 Å². The molecule has 0 radical (unpaired) electrons. The predicted octanol–water partition coefficient (Wildman–Crippen LogP) is 3.80. The SMILES string of the molecule is COc1cc(OC)c(C(C)NCC(O)c2ccsc2)cc1Cl. The van der Waals surface area contributed by atoms with Crippen molar-refractivity contribution >= 4 is 22.9 Å². The quantitative estimate of drug-likeness (QED) is 0.804. The molecule has 2 rings (SSSR count). The van der Waals surface area contributed by atoms with Gasteiger partial charge < -0.3 is 19.9 Å². The number of hydrogen-bond donors (Lipinski definition) is 2. The van der Waals surface area contributed by atoms with Gasteiger partial charge in [-0.2, -0.15) is 11.3 Å². The average Bonchev–Trinajstić information content (AvgIpc) is 3.06. The summed E-state index contributed by atoms with van der Waals surface area (Å²) in [4.78, 5) is 0. The summed E-state index contributed by atoms with van der Waals surface area (Å²) in [5.41, 5.74) is 1.84. The molecular weight excluding hydrogens is 322 g/mol. The van der Waals surface area contributed by atoms with Crippen LogP contribution in [0.1, 0.15) is 30.2 Å². The molecule has 120 valence electrons. The topological polar surface area (TPSA) is 50.7 Å². The number of benzene rings is 1. The first-order valence-electron chi connectivity index (χ1n) is 6.91. The number of methoxy groups -OCH3 is 2. The van der Waals surface area contributed by atoms with Crippen LogP contribution >= 0.6 is 22.9 Å². The number of hydrogen-bond acceptors (Lipinski definition) is 5. The van der Waals surface area contributed by atoms with Crippen LogP contribution in [0.25, 0.3) is 0 Å². The van der Waals surface area contributed by atoms with Gasteiger partial charge in [0, 0.05) is 24.2 Å². The lowest BCUT2D eigenvalue weighted by molar-refractivity contribution is 0.171. The molecule has 2 atom stereocenters. The molecule has 0 amide bonds. The Morgan fingerprint density at radius 3 is 2.59 bits per heavy atom. The molecule has 22 heavy (non-hydrogen) atoms. The van der Waals surface area contributed by atoms with Crippen LogP contribution in [0.2, 0.25) is 5.02 Å². The van der Waals surface area contributed by atoms with Crippen molar-refractivity contribution in [2.75, 3.05) is 20.8 Å². The van der Waals surface area contributed by atoms with E-state index in [1.807, 2.05) is 29.8 Å². The maximum atomic E-state index is 10.1. The molecule has 0 bridgehead atoms. The highest BCUT2D eigenvalue weighted by atomic mass is 35.5. The van der Waals surface area contributed by atoms with Crippen LogP contribution in [-0.2, 0) is 0 Å². The van der Waals surface area contributed by atoms with E-state index in [1.165, 1.54) is 0 Å². The molecule has 1 aromatic heterocycles. The lowest BCUT2D eigenvalue weighted by Gasteiger charge is -2.20. The summed E-state index contributed by atoms with van der Waals surface area (Å²) in [6.45, 7) is 2.45. The third-order valence-corrected chi connectivity index (χ3v) is 4.51. The monoisotopic (exact) mass is 341 g/mol. The maximum Gasteiger partial charge on any atom is 0.141 e. The van der Waals surface area contributed by atoms with E-state index in [0.717, 1.165) is 11.1 Å². The number of aliphatic hydroxyl groups excluding tert-OH is 1. The molecule has 0 aliphatic heterocycles. The normalized spacial score (nSPS) is 13.7. The Kier molecular flexibility index (Phi) is 6.08. The summed E-state index contributed by atoms with van der Waals surface area (Å²) in [5.74, 6) is 1.28. The summed E-state index contributed by atoms with van der Waals surface area (Å²) < 4.78 is 10.6. The number of halogens is 1. The van der Waals surface area contributed by atoms with Crippen LogP contribution in [0, 0.1) is 0 Å². The Hall–Kier alpha value is -1.27. The second-order valence-electron chi connectivity index (χ2n) is 4.93. The van der Waals surface area contributed by atoms with Crippen LogP contribution < -0.4 is 14.8 Å². The van der Waals surface area contributed by atoms with Gasteiger partial charge in [-0.05, 0) is 35.4 Å². The molecule has 4 nitrogen and oxygen atoms in total. The first kappa shape index (κ1) is 17.1. The smallest absolute Gasteiger partial charge is 0.141 e. The van der Waals surface area contributed by atoms with Crippen LogP contribution in [0.4, 0.5) is 0 Å². The minimum absolute atomic E-state index is 0.0216. The van der Waals surface area contributed by atoms with Gasteiger partial charge in [0.05, 0.1) is 25.3 Å². The lowest BCUT2D eigenvalue weighted by Crippen LogP contribution is -2.24. The van der Waals surface area contributed by atoms with Crippen molar-refractivity contribution < 1.29 is 14.6 Å². The van der Waals surface area contributed by atoms with Gasteiger partial charge in [0.1, 0.15) is 11.5 Å². The van der Waals surface area contributed by atoms with E-state index in [4.69, 9.17) is 21.1 Å². The molecule has 1 aromatic carbocycles. The molecule has 0 aliphatic rings. The van der Waals surface area contributed by atoms with Gasteiger partial charge in [-0.1, -0.05) is 11.6 Å². The third kappa shape index (κ3) is 3.93. The summed E-state index contributed by atoms with van der Waals surface area (Å²) in [6.07, 6.45) is -0.534. The van der Waals surface area contributed by atoms with E-state index in [1.54, 1.807) is 31.6 Å². The van der Waals surface area contributed by atoms with Gasteiger partial charge in [0.25, 0.3) is 0 Å². The summed E-state index contributed by atoms with van der Waals surface area (Å²) >= 11 is 7.76. The molecule has 6 heteroatoms. The summed E-state index contributed by atoms with van der Waals surface area (Å²) in [6, 6.07) is 5.50. The van der Waals surface area contributed by atoms with Crippen LogP contribution in [0.5, 0.6) is 11.5 Å². The zero-order valence-corrected chi connectivity index (χ0v) is 14.4. The molecule has 0 aliphatic carbocycles. The first-order chi connectivity index (χ1) is 10.6. The molecule has 0 spiro atoms. The van der Waals surface area contributed by atoms with E-state index in [0.29, 0.717) is 23.1 Å². The Balaban J connectivity index is 2.08. The van der Waals surface area contributed by atoms with Gasteiger partial charge in [0.15, 0.2) is 0 Å². The highest BCUT2D eigenvalue weighted by molar-refractivity contribution is 7.07. The Bertz CT molecular complexity index is 604. The summed E-state index contributed by atoms with van der Waals surface area (Å²) in [5, 5.41) is 17.9. The van der Waals surface area contributed by atoms with Crippen molar-refractivity contribution in [1.82, 2.24) is 5.32 Å². The van der Waals surface area contributed by atoms with E-state index in [2.05, 4.69) is 5.32 Å². The van der Waals surface area contributed by atoms with Crippen molar-refractivity contribution in [2.45, 2.75) is 19.1 Å². The highest BCUT2D eigenvalue weighted by Crippen LogP contribution is 2.35. The number of thiophene rings is 1. The Morgan fingerprint density at radius 1 is 1.27 bits per heavy atom. The molecule has 2 N–H and O–H groups in total. The fourth-order valence-electron chi connectivity index (χ4n) is 2.20. The van der Waals surface area contributed by atoms with Crippen molar-refractivity contribution in [2.24, 2.45) is 0 Å². The van der Waals surface area contributed by atoms with Gasteiger partial charge in [-0.25, -0.2) is 0 Å². The van der Waals surface area contributed by atoms with Crippen LogP contribution in [-0.4, -0.2) is 25.9 Å². The second-order valence-corrected chi connectivity index (χ2v) is 6.12. The molecular formula is C16H20ClNO3S. The van der Waals surface area contributed by atoms with E-state index in [-0.39, 0.29) is 6.04 Å². The molecule has 1 heterocycles. The van der Waals surface area contributed by atoms with Crippen molar-refractivity contribution in [3.05, 3.63) is 45.1 Å². The zero-order valence-electron chi connectivity index (χ0n) is 12.8. The number of aliphatic hydroxyl groups is 1. The van der Waals surface area contributed by atoms with Crippen LogP contribution in [0.3, 0.4) is 0 Å². The molecule has 0 fully saturated rings. The average molecular weight is 342 g/mol. The highest BCUT2D eigenvalue weighted by Gasteiger charge is 2.17. The number of nitrogens with one attached hydrogen (secondary N) is 1. The standard InChI is InChI=1S/C16H20ClNO3S/c1-10(18-8-14(19)11-4-5-22-9-11)12-6-13(17)16(21-3)7-15(12)20-2/h4-7,9-10,14,18-19H,8H2,1-3H3.